The first-order chi connectivity index (χ1) is 12.6. The van der Waals surface area contributed by atoms with Gasteiger partial charge in [0.05, 0.1) is 5.52 Å². The van der Waals surface area contributed by atoms with E-state index in [0.29, 0.717) is 12.2 Å². The average Bonchev–Trinajstić information content (AvgIpc) is 3.03. The fraction of sp³-hybridized carbons (Fsp3) is 0.250. The van der Waals surface area contributed by atoms with Gasteiger partial charge >= 0.3 is 0 Å². The summed E-state index contributed by atoms with van der Waals surface area (Å²) in [4.78, 5) is 14.4. The minimum Gasteiger partial charge on any atom is -0.368 e. The van der Waals surface area contributed by atoms with Gasteiger partial charge in [0, 0.05) is 43.8 Å². The van der Waals surface area contributed by atoms with E-state index in [1.54, 1.807) is 12.1 Å². The molecule has 1 amide bonds. The Hall–Kier alpha value is -2.86. The third-order valence-electron chi connectivity index (χ3n) is 4.89. The van der Waals surface area contributed by atoms with Gasteiger partial charge in [-0.05, 0) is 35.9 Å². The average molecular weight is 352 g/mol. The molecular weight excluding hydrogens is 331 g/mol. The van der Waals surface area contributed by atoms with Crippen molar-refractivity contribution < 1.29 is 9.18 Å². The van der Waals surface area contributed by atoms with Gasteiger partial charge in [-0.2, -0.15) is 0 Å². The number of primary amides is 1. The van der Waals surface area contributed by atoms with Gasteiger partial charge in [0.2, 0.25) is 0 Å². The molecule has 0 radical (unpaired) electrons. The maximum Gasteiger partial charge on any atom is 0.265 e. The molecule has 6 heteroatoms. The number of rotatable bonds is 4. The lowest BCUT2D eigenvalue weighted by Crippen LogP contribution is -2.43. The maximum absolute atomic E-state index is 13.2. The number of aromatic nitrogens is 1. The highest BCUT2D eigenvalue weighted by atomic mass is 19.1. The van der Waals surface area contributed by atoms with E-state index in [1.807, 2.05) is 22.8 Å². The van der Waals surface area contributed by atoms with Gasteiger partial charge in [-0.1, -0.05) is 18.2 Å². The Kier molecular flexibility index (Phi) is 4.34. The summed E-state index contributed by atoms with van der Waals surface area (Å²) in [6.07, 6.45) is 0. The number of piperazine rings is 1. The van der Waals surface area contributed by atoms with Crippen LogP contribution in [0.15, 0.2) is 48.5 Å². The zero-order chi connectivity index (χ0) is 18.1. The van der Waals surface area contributed by atoms with Crippen molar-refractivity contribution in [1.29, 1.82) is 0 Å². The lowest BCUT2D eigenvalue weighted by atomic mass is 10.1. The van der Waals surface area contributed by atoms with Crippen LogP contribution in [0.2, 0.25) is 0 Å². The van der Waals surface area contributed by atoms with Crippen LogP contribution in [0.1, 0.15) is 16.1 Å². The largest absolute Gasteiger partial charge is 0.368 e. The lowest BCUT2D eigenvalue weighted by molar-refractivity contribution is 0.0992. The molecule has 1 fully saturated rings. The van der Waals surface area contributed by atoms with Crippen molar-refractivity contribution in [3.05, 3.63) is 65.6 Å². The minimum atomic E-state index is -0.463. The van der Waals surface area contributed by atoms with Crippen molar-refractivity contribution in [2.45, 2.75) is 6.54 Å². The molecule has 3 aromatic rings. The number of fused-ring (bicyclic) bond motifs is 1. The van der Waals surface area contributed by atoms with Crippen molar-refractivity contribution >= 4 is 22.5 Å². The van der Waals surface area contributed by atoms with E-state index in [1.165, 1.54) is 12.1 Å². The topological polar surface area (TPSA) is 63.3 Å². The van der Waals surface area contributed by atoms with Crippen LogP contribution in [-0.2, 0) is 6.54 Å². The number of halogens is 1. The Balaban J connectivity index is 1.81. The van der Waals surface area contributed by atoms with Gasteiger partial charge in [0.25, 0.3) is 5.91 Å². The van der Waals surface area contributed by atoms with Crippen LogP contribution in [0.5, 0.6) is 0 Å². The van der Waals surface area contributed by atoms with Crippen LogP contribution in [0.25, 0.3) is 10.9 Å². The number of hydrogen-bond donors (Lipinski definition) is 2. The fourth-order valence-corrected chi connectivity index (χ4v) is 3.60. The maximum atomic E-state index is 13.2. The SMILES string of the molecule is NC(=O)c1cc2c(N3CCNCC3)cccc2n1Cc1ccc(F)cc1. The molecule has 1 aromatic heterocycles. The molecule has 5 nitrogen and oxygen atoms in total. The second-order valence-electron chi connectivity index (χ2n) is 6.55. The summed E-state index contributed by atoms with van der Waals surface area (Å²) in [5.41, 5.74) is 9.09. The number of anilines is 1. The Morgan fingerprint density at radius 2 is 1.85 bits per heavy atom. The van der Waals surface area contributed by atoms with E-state index in [4.69, 9.17) is 5.73 Å². The highest BCUT2D eigenvalue weighted by Gasteiger charge is 2.19. The van der Waals surface area contributed by atoms with Crippen molar-refractivity contribution in [2.24, 2.45) is 5.73 Å². The molecule has 0 unspecified atom stereocenters. The normalized spacial score (nSPS) is 14.7. The molecule has 0 spiro atoms. The Morgan fingerprint density at radius 1 is 1.12 bits per heavy atom. The molecule has 1 aliphatic heterocycles. The van der Waals surface area contributed by atoms with Crippen LogP contribution in [0.4, 0.5) is 10.1 Å². The summed E-state index contributed by atoms with van der Waals surface area (Å²) in [6, 6.07) is 14.3. The lowest BCUT2D eigenvalue weighted by Gasteiger charge is -2.30. The summed E-state index contributed by atoms with van der Waals surface area (Å²) in [5.74, 6) is -0.739. The summed E-state index contributed by atoms with van der Waals surface area (Å²) in [7, 11) is 0. The number of nitrogens with zero attached hydrogens (tertiary/aromatic N) is 2. The molecule has 134 valence electrons. The second kappa shape index (κ2) is 6.80. The van der Waals surface area contributed by atoms with Gasteiger partial charge in [0.15, 0.2) is 0 Å². The fourth-order valence-electron chi connectivity index (χ4n) is 3.60. The van der Waals surface area contributed by atoms with Gasteiger partial charge in [-0.3, -0.25) is 4.79 Å². The molecule has 3 N–H and O–H groups in total. The third-order valence-corrected chi connectivity index (χ3v) is 4.89. The predicted molar refractivity (Wildman–Crippen MR) is 101 cm³/mol. The molecule has 26 heavy (non-hydrogen) atoms. The molecule has 0 saturated carbocycles. The van der Waals surface area contributed by atoms with Gasteiger partial charge < -0.3 is 20.5 Å². The molecule has 2 heterocycles. The number of nitrogens with two attached hydrogens (primary N) is 1. The first-order valence-electron chi connectivity index (χ1n) is 8.75. The highest BCUT2D eigenvalue weighted by molar-refractivity contribution is 6.02. The van der Waals surface area contributed by atoms with Crippen LogP contribution >= 0.6 is 0 Å². The van der Waals surface area contributed by atoms with E-state index in [2.05, 4.69) is 16.3 Å². The summed E-state index contributed by atoms with van der Waals surface area (Å²) < 4.78 is 15.1. The first-order valence-corrected chi connectivity index (χ1v) is 8.75. The minimum absolute atomic E-state index is 0.276. The summed E-state index contributed by atoms with van der Waals surface area (Å²) >= 11 is 0. The molecule has 4 rings (SSSR count). The second-order valence-corrected chi connectivity index (χ2v) is 6.55. The number of benzene rings is 2. The number of hydrogen-bond acceptors (Lipinski definition) is 3. The van der Waals surface area contributed by atoms with Crippen molar-refractivity contribution in [3.63, 3.8) is 0 Å². The molecule has 0 aliphatic carbocycles. The number of amides is 1. The van der Waals surface area contributed by atoms with E-state index in [9.17, 15) is 9.18 Å². The summed E-state index contributed by atoms with van der Waals surface area (Å²) in [5, 5.41) is 4.37. The van der Waals surface area contributed by atoms with Gasteiger partial charge in [-0.15, -0.1) is 0 Å². The van der Waals surface area contributed by atoms with Crippen LogP contribution < -0.4 is 16.0 Å². The summed E-state index contributed by atoms with van der Waals surface area (Å²) in [6.45, 7) is 4.19. The highest BCUT2D eigenvalue weighted by Crippen LogP contribution is 2.30. The Morgan fingerprint density at radius 3 is 2.54 bits per heavy atom. The van der Waals surface area contributed by atoms with Crippen LogP contribution in [-0.4, -0.2) is 36.7 Å². The van der Waals surface area contributed by atoms with E-state index in [0.717, 1.165) is 48.3 Å². The predicted octanol–water partition coefficient (Wildman–Crippen LogP) is 2.34. The monoisotopic (exact) mass is 352 g/mol. The van der Waals surface area contributed by atoms with Gasteiger partial charge in [-0.25, -0.2) is 4.39 Å². The molecule has 0 atom stereocenters. The van der Waals surface area contributed by atoms with E-state index < -0.39 is 5.91 Å². The Bertz CT molecular complexity index is 942. The number of carbonyl (C=O) groups excluding carboxylic acids is 1. The first kappa shape index (κ1) is 16.6. The standard InChI is InChI=1S/C20H21FN4O/c21-15-6-4-14(5-7-15)13-25-18-3-1-2-17(24-10-8-23-9-11-24)16(18)12-19(25)20(22)26/h1-7,12,23H,8-11,13H2,(H2,22,26). The Labute approximate surface area is 151 Å². The number of carbonyl (C=O) groups is 1. The molecule has 1 saturated heterocycles. The smallest absolute Gasteiger partial charge is 0.265 e. The third kappa shape index (κ3) is 3.04. The van der Waals surface area contributed by atoms with Crippen molar-refractivity contribution in [2.75, 3.05) is 31.1 Å². The molecule has 1 aliphatic rings. The molecular formula is C20H21FN4O. The van der Waals surface area contributed by atoms with Crippen LogP contribution in [0, 0.1) is 5.82 Å². The van der Waals surface area contributed by atoms with Crippen molar-refractivity contribution in [1.82, 2.24) is 9.88 Å². The van der Waals surface area contributed by atoms with Crippen LogP contribution in [0.3, 0.4) is 0 Å². The zero-order valence-electron chi connectivity index (χ0n) is 14.4. The molecule has 0 bridgehead atoms. The van der Waals surface area contributed by atoms with E-state index >= 15 is 0 Å². The van der Waals surface area contributed by atoms with Crippen molar-refractivity contribution in [3.8, 4) is 0 Å². The number of nitrogens with one attached hydrogen (secondary N) is 1. The quantitative estimate of drug-likeness (QED) is 0.758. The van der Waals surface area contributed by atoms with Gasteiger partial charge in [0.1, 0.15) is 11.5 Å². The molecule has 2 aromatic carbocycles. The van der Waals surface area contributed by atoms with E-state index in [-0.39, 0.29) is 5.82 Å². The zero-order valence-corrected chi connectivity index (χ0v) is 14.4.